The summed E-state index contributed by atoms with van der Waals surface area (Å²) in [6.45, 7) is 20.6. The fraction of sp³-hybridized carbons (Fsp3) is 0.100. The molecular weight excluding hydrogens is 608 g/mol. The maximum atomic E-state index is 12.3. The Balaban J connectivity index is 1.61. The van der Waals surface area contributed by atoms with Gasteiger partial charge in [0.05, 0.1) is 0 Å². The van der Waals surface area contributed by atoms with Crippen LogP contribution in [0.3, 0.4) is 0 Å². The van der Waals surface area contributed by atoms with Gasteiger partial charge in [-0.25, -0.2) is 19.2 Å². The number of benzene rings is 4. The van der Waals surface area contributed by atoms with Crippen LogP contribution < -0.4 is 18.9 Å². The van der Waals surface area contributed by atoms with Gasteiger partial charge in [0.25, 0.3) is 0 Å². The van der Waals surface area contributed by atoms with Gasteiger partial charge >= 0.3 is 23.9 Å². The molecule has 0 saturated heterocycles. The second-order valence-corrected chi connectivity index (χ2v) is 11.2. The van der Waals surface area contributed by atoms with E-state index in [2.05, 4.69) is 26.3 Å². The maximum Gasteiger partial charge on any atom is 0.338 e. The fourth-order valence-electron chi connectivity index (χ4n) is 4.18. The highest BCUT2D eigenvalue weighted by Gasteiger charge is 2.17. The topological polar surface area (TPSA) is 105 Å². The quantitative estimate of drug-likeness (QED) is 0.0910. The van der Waals surface area contributed by atoms with Crippen molar-refractivity contribution < 1.29 is 38.1 Å². The highest BCUT2D eigenvalue weighted by atomic mass is 16.6. The highest BCUT2D eigenvalue weighted by molar-refractivity contribution is 5.92. The minimum absolute atomic E-state index is 0.0748. The van der Waals surface area contributed by atoms with E-state index in [4.69, 9.17) is 18.9 Å². The summed E-state index contributed by atoms with van der Waals surface area (Å²) in [5.74, 6) is -1.94. The van der Waals surface area contributed by atoms with Crippen LogP contribution in [0, 0.1) is 0 Å². The zero-order valence-electron chi connectivity index (χ0n) is 27.2. The van der Waals surface area contributed by atoms with Crippen LogP contribution in [0.15, 0.2) is 134 Å². The van der Waals surface area contributed by atoms with Crippen molar-refractivity contribution in [3.8, 4) is 56.4 Å². The maximum absolute atomic E-state index is 12.3. The molecule has 4 aromatic rings. The molecular formula is C40H34O8. The first-order chi connectivity index (χ1) is 22.7. The van der Waals surface area contributed by atoms with E-state index in [1.165, 1.54) is 19.9 Å². The van der Waals surface area contributed by atoms with Crippen LogP contribution in [0.1, 0.15) is 27.7 Å². The number of carbonyl (C=O) groups excluding carboxylic acids is 4. The van der Waals surface area contributed by atoms with Crippen molar-refractivity contribution in [3.63, 3.8) is 0 Å². The second kappa shape index (κ2) is 14.9. The minimum Gasteiger partial charge on any atom is -0.423 e. The van der Waals surface area contributed by atoms with Crippen LogP contribution in [0.25, 0.3) is 33.4 Å². The third-order valence-electron chi connectivity index (χ3n) is 6.81. The molecule has 4 rings (SSSR count). The third-order valence-corrected chi connectivity index (χ3v) is 6.81. The lowest BCUT2D eigenvalue weighted by Crippen LogP contribution is -2.12. The van der Waals surface area contributed by atoms with Crippen molar-refractivity contribution in [3.05, 3.63) is 134 Å². The molecule has 0 heterocycles. The van der Waals surface area contributed by atoms with E-state index in [1.54, 1.807) is 44.2 Å². The highest BCUT2D eigenvalue weighted by Crippen LogP contribution is 2.36. The molecule has 0 bridgehead atoms. The Hall–Kier alpha value is -6.28. The molecule has 0 unspecified atom stereocenters. The first-order valence-electron chi connectivity index (χ1n) is 14.7. The molecule has 0 aromatic heterocycles. The van der Waals surface area contributed by atoms with Crippen molar-refractivity contribution >= 4 is 23.9 Å². The van der Waals surface area contributed by atoms with Crippen molar-refractivity contribution in [1.82, 2.24) is 0 Å². The SMILES string of the molecule is C=C(C)C(=O)Oc1cc(OC(=O)C(=C)C)cc(-c2ccc(-c3ccc(-c4ccc(OC(=O)C(=C)C)c(OC(=O)C(=C)C)c4)cc3)cc2)c1. The molecule has 0 aliphatic heterocycles. The minimum atomic E-state index is -0.651. The summed E-state index contributed by atoms with van der Waals surface area (Å²) in [7, 11) is 0. The summed E-state index contributed by atoms with van der Waals surface area (Å²) in [5.41, 5.74) is 5.73. The molecule has 8 heteroatoms. The Labute approximate surface area is 279 Å². The van der Waals surface area contributed by atoms with Crippen LogP contribution in [0.2, 0.25) is 0 Å². The van der Waals surface area contributed by atoms with Gasteiger partial charge in [0.2, 0.25) is 0 Å². The van der Waals surface area contributed by atoms with Gasteiger partial charge in [-0.1, -0.05) is 80.9 Å². The van der Waals surface area contributed by atoms with Crippen LogP contribution in [0.4, 0.5) is 0 Å². The number of carbonyl (C=O) groups is 4. The lowest BCUT2D eigenvalue weighted by molar-refractivity contribution is -0.132. The van der Waals surface area contributed by atoms with Gasteiger partial charge in [-0.05, 0) is 85.3 Å². The van der Waals surface area contributed by atoms with E-state index in [9.17, 15) is 19.2 Å². The zero-order chi connectivity index (χ0) is 35.1. The molecule has 0 atom stereocenters. The molecule has 0 fully saturated rings. The smallest absolute Gasteiger partial charge is 0.338 e. The molecule has 0 N–H and O–H groups in total. The summed E-state index contributed by atoms with van der Waals surface area (Å²) < 4.78 is 21.7. The van der Waals surface area contributed by atoms with Gasteiger partial charge in [0.1, 0.15) is 11.5 Å². The lowest BCUT2D eigenvalue weighted by Gasteiger charge is -2.13. The van der Waals surface area contributed by atoms with Crippen LogP contribution >= 0.6 is 0 Å². The number of ether oxygens (including phenoxy) is 4. The predicted molar refractivity (Wildman–Crippen MR) is 185 cm³/mol. The summed E-state index contributed by atoms with van der Waals surface area (Å²) in [4.78, 5) is 48.8. The average Bonchev–Trinajstić information content (AvgIpc) is 3.05. The molecule has 0 radical (unpaired) electrons. The predicted octanol–water partition coefficient (Wildman–Crippen LogP) is 8.61. The molecule has 48 heavy (non-hydrogen) atoms. The van der Waals surface area contributed by atoms with Gasteiger partial charge in [-0.2, -0.15) is 0 Å². The summed E-state index contributed by atoms with van der Waals surface area (Å²) in [6.07, 6.45) is 0. The fourth-order valence-corrected chi connectivity index (χ4v) is 4.18. The zero-order valence-corrected chi connectivity index (χ0v) is 27.2. The molecule has 8 nitrogen and oxygen atoms in total. The number of esters is 4. The van der Waals surface area contributed by atoms with Crippen molar-refractivity contribution in [2.75, 3.05) is 0 Å². The Morgan fingerprint density at radius 2 is 0.688 bits per heavy atom. The molecule has 0 amide bonds. The number of rotatable bonds is 11. The van der Waals surface area contributed by atoms with Gasteiger partial charge in [0, 0.05) is 28.4 Å². The van der Waals surface area contributed by atoms with E-state index in [1.807, 2.05) is 48.5 Å². The molecule has 0 aliphatic rings. The van der Waals surface area contributed by atoms with E-state index in [0.29, 0.717) is 5.56 Å². The third kappa shape index (κ3) is 8.70. The van der Waals surface area contributed by atoms with E-state index < -0.39 is 23.9 Å². The first-order valence-corrected chi connectivity index (χ1v) is 14.7. The standard InChI is InChI=1S/C40H34O8/c1-23(2)37(41)45-33-19-32(20-34(22-33)46-38(42)24(3)4)30-15-11-28(12-16-30)27-9-13-29(14-10-27)31-17-18-35(47-39(43)25(5)6)36(21-31)48-40(44)26(7)8/h9-22H,1,3,5,7H2,2,4,6,8H3. The Morgan fingerprint density at radius 3 is 1.08 bits per heavy atom. The Kier molecular flexibility index (Phi) is 10.7. The average molecular weight is 643 g/mol. The van der Waals surface area contributed by atoms with E-state index >= 15 is 0 Å². The lowest BCUT2D eigenvalue weighted by atomic mass is 9.98. The van der Waals surface area contributed by atoms with Gasteiger partial charge < -0.3 is 18.9 Å². The van der Waals surface area contributed by atoms with E-state index in [-0.39, 0.29) is 45.3 Å². The van der Waals surface area contributed by atoms with Crippen LogP contribution in [0.5, 0.6) is 23.0 Å². The van der Waals surface area contributed by atoms with Crippen molar-refractivity contribution in [1.29, 1.82) is 0 Å². The second-order valence-electron chi connectivity index (χ2n) is 11.2. The van der Waals surface area contributed by atoms with Gasteiger partial charge in [0.15, 0.2) is 11.5 Å². The van der Waals surface area contributed by atoms with Crippen LogP contribution in [-0.4, -0.2) is 23.9 Å². The van der Waals surface area contributed by atoms with Gasteiger partial charge in [-0.3, -0.25) is 0 Å². The molecule has 0 aliphatic carbocycles. The first kappa shape index (κ1) is 34.6. The molecule has 242 valence electrons. The largest absolute Gasteiger partial charge is 0.423 e. The summed E-state index contributed by atoms with van der Waals surface area (Å²) >= 11 is 0. The van der Waals surface area contributed by atoms with Crippen LogP contribution in [-0.2, 0) is 19.2 Å². The number of hydrogen-bond acceptors (Lipinski definition) is 8. The summed E-state index contributed by atoms with van der Waals surface area (Å²) in [5, 5.41) is 0. The Bertz CT molecular complexity index is 1930. The van der Waals surface area contributed by atoms with Gasteiger partial charge in [-0.15, -0.1) is 0 Å². The molecule has 4 aromatic carbocycles. The monoisotopic (exact) mass is 642 g/mol. The molecule has 0 saturated carbocycles. The van der Waals surface area contributed by atoms with E-state index in [0.717, 1.165) is 27.8 Å². The van der Waals surface area contributed by atoms with Crippen molar-refractivity contribution in [2.24, 2.45) is 0 Å². The number of hydrogen-bond donors (Lipinski definition) is 0. The normalized spacial score (nSPS) is 10.3. The molecule has 0 spiro atoms. The summed E-state index contributed by atoms with van der Waals surface area (Å²) in [6, 6.07) is 25.2. The van der Waals surface area contributed by atoms with Crippen molar-refractivity contribution in [2.45, 2.75) is 27.7 Å². The Morgan fingerprint density at radius 1 is 0.375 bits per heavy atom.